The van der Waals surface area contributed by atoms with Crippen LogP contribution in [-0.2, 0) is 0 Å². The number of hydrogen-bond donors (Lipinski definition) is 2. The van der Waals surface area contributed by atoms with Crippen LogP contribution in [0.5, 0.6) is 0 Å². The van der Waals surface area contributed by atoms with E-state index in [0.717, 1.165) is 4.47 Å². The lowest BCUT2D eigenvalue weighted by Crippen LogP contribution is -2.14. The van der Waals surface area contributed by atoms with Crippen molar-refractivity contribution in [3.63, 3.8) is 0 Å². The van der Waals surface area contributed by atoms with E-state index in [9.17, 15) is 4.79 Å². The Balaban J connectivity index is 2.22. The summed E-state index contributed by atoms with van der Waals surface area (Å²) in [7, 11) is 0. The van der Waals surface area contributed by atoms with E-state index in [1.54, 1.807) is 36.5 Å². The summed E-state index contributed by atoms with van der Waals surface area (Å²) in [6.07, 6.45) is 1.59. The van der Waals surface area contributed by atoms with Crippen LogP contribution in [0.15, 0.2) is 41.0 Å². The number of nitrogens with zero attached hydrogens (tertiary/aromatic N) is 1. The number of aromatic nitrogens is 1. The molecule has 0 bridgehead atoms. The standard InChI is InChI=1S/C12H9BrClN3O/c13-7-4-5-10(16-6-7)17-12(18)8-2-1-3-9(14)11(8)15/h1-6H,15H2,(H,16,17,18). The molecular formula is C12H9BrClN3O. The van der Waals surface area contributed by atoms with Crippen LogP contribution >= 0.6 is 27.5 Å². The minimum atomic E-state index is -0.343. The topological polar surface area (TPSA) is 68.0 Å². The summed E-state index contributed by atoms with van der Waals surface area (Å²) in [5.74, 6) is 0.104. The van der Waals surface area contributed by atoms with Crippen molar-refractivity contribution < 1.29 is 4.79 Å². The molecule has 6 heteroatoms. The first-order chi connectivity index (χ1) is 8.58. The minimum Gasteiger partial charge on any atom is -0.397 e. The fourth-order valence-electron chi connectivity index (χ4n) is 1.37. The van der Waals surface area contributed by atoms with Crippen molar-refractivity contribution in [3.05, 3.63) is 51.6 Å². The monoisotopic (exact) mass is 325 g/mol. The Bertz CT molecular complexity index is 586. The summed E-state index contributed by atoms with van der Waals surface area (Å²) in [5.41, 5.74) is 6.32. The van der Waals surface area contributed by atoms with Gasteiger partial charge in [-0.2, -0.15) is 0 Å². The molecule has 1 heterocycles. The van der Waals surface area contributed by atoms with Gasteiger partial charge in [0, 0.05) is 10.7 Å². The van der Waals surface area contributed by atoms with Gasteiger partial charge in [-0.05, 0) is 40.2 Å². The van der Waals surface area contributed by atoms with Gasteiger partial charge >= 0.3 is 0 Å². The first kappa shape index (κ1) is 12.9. The normalized spacial score (nSPS) is 10.1. The minimum absolute atomic E-state index is 0.258. The second-order valence-electron chi connectivity index (χ2n) is 3.52. The number of para-hydroxylation sites is 1. The van der Waals surface area contributed by atoms with Gasteiger partial charge in [0.05, 0.1) is 16.3 Å². The van der Waals surface area contributed by atoms with E-state index in [1.807, 2.05) is 0 Å². The number of nitrogens with one attached hydrogen (secondary N) is 1. The summed E-state index contributed by atoms with van der Waals surface area (Å²) in [6.45, 7) is 0. The van der Waals surface area contributed by atoms with Crippen molar-refractivity contribution in [1.29, 1.82) is 0 Å². The van der Waals surface area contributed by atoms with Gasteiger partial charge in [-0.25, -0.2) is 4.98 Å². The summed E-state index contributed by atoms with van der Waals surface area (Å²) in [5, 5.41) is 3.00. The van der Waals surface area contributed by atoms with Crippen LogP contribution in [0.4, 0.5) is 11.5 Å². The smallest absolute Gasteiger partial charge is 0.258 e. The number of nitrogen functional groups attached to an aromatic ring is 1. The van der Waals surface area contributed by atoms with Gasteiger partial charge < -0.3 is 11.1 Å². The first-order valence-corrected chi connectivity index (χ1v) is 6.22. The number of rotatable bonds is 2. The zero-order chi connectivity index (χ0) is 13.1. The number of carbonyl (C=O) groups is 1. The molecule has 0 saturated heterocycles. The van der Waals surface area contributed by atoms with E-state index < -0.39 is 0 Å². The molecule has 0 saturated carbocycles. The molecule has 1 aromatic heterocycles. The highest BCUT2D eigenvalue weighted by atomic mass is 79.9. The molecular weight excluding hydrogens is 318 g/mol. The number of pyridine rings is 1. The lowest BCUT2D eigenvalue weighted by Gasteiger charge is -2.07. The highest BCUT2D eigenvalue weighted by molar-refractivity contribution is 9.10. The molecule has 0 aliphatic carbocycles. The Kier molecular flexibility index (Phi) is 3.84. The predicted molar refractivity (Wildman–Crippen MR) is 75.8 cm³/mol. The van der Waals surface area contributed by atoms with Crippen LogP contribution in [-0.4, -0.2) is 10.9 Å². The van der Waals surface area contributed by atoms with Gasteiger partial charge in [-0.1, -0.05) is 17.7 Å². The van der Waals surface area contributed by atoms with Gasteiger partial charge in [-0.3, -0.25) is 4.79 Å². The maximum Gasteiger partial charge on any atom is 0.258 e. The zero-order valence-corrected chi connectivity index (χ0v) is 11.5. The largest absolute Gasteiger partial charge is 0.397 e. The van der Waals surface area contributed by atoms with Crippen LogP contribution in [0.1, 0.15) is 10.4 Å². The second-order valence-corrected chi connectivity index (χ2v) is 4.84. The average Bonchev–Trinajstić information content (AvgIpc) is 2.35. The van der Waals surface area contributed by atoms with Gasteiger partial charge in [0.2, 0.25) is 0 Å². The molecule has 0 radical (unpaired) electrons. The Morgan fingerprint density at radius 1 is 1.33 bits per heavy atom. The van der Waals surface area contributed by atoms with Crippen molar-refractivity contribution in [3.8, 4) is 0 Å². The highest BCUT2D eigenvalue weighted by Crippen LogP contribution is 2.23. The predicted octanol–water partition coefficient (Wildman–Crippen LogP) is 3.33. The van der Waals surface area contributed by atoms with E-state index in [1.165, 1.54) is 0 Å². The molecule has 2 aromatic rings. The number of anilines is 2. The van der Waals surface area contributed by atoms with Crippen LogP contribution in [0.25, 0.3) is 0 Å². The number of hydrogen-bond acceptors (Lipinski definition) is 3. The van der Waals surface area contributed by atoms with Gasteiger partial charge in [0.15, 0.2) is 0 Å². The third-order valence-electron chi connectivity index (χ3n) is 2.27. The Morgan fingerprint density at radius 2 is 2.11 bits per heavy atom. The number of nitrogens with two attached hydrogens (primary N) is 1. The number of halogens is 2. The molecule has 1 amide bonds. The number of carbonyl (C=O) groups excluding carboxylic acids is 1. The van der Waals surface area contributed by atoms with Gasteiger partial charge in [-0.15, -0.1) is 0 Å². The van der Waals surface area contributed by atoms with Crippen molar-refractivity contribution in [2.24, 2.45) is 0 Å². The van der Waals surface area contributed by atoms with Crippen molar-refractivity contribution in [1.82, 2.24) is 4.98 Å². The van der Waals surface area contributed by atoms with Crippen LogP contribution in [0.3, 0.4) is 0 Å². The Hall–Kier alpha value is -1.59. The van der Waals surface area contributed by atoms with E-state index >= 15 is 0 Å². The van der Waals surface area contributed by atoms with Crippen LogP contribution in [0.2, 0.25) is 5.02 Å². The molecule has 18 heavy (non-hydrogen) atoms. The quantitative estimate of drug-likeness (QED) is 0.832. The maximum atomic E-state index is 12.0. The lowest BCUT2D eigenvalue weighted by molar-refractivity contribution is 0.102. The fourth-order valence-corrected chi connectivity index (χ4v) is 1.78. The molecule has 0 spiro atoms. The Labute approximate surface area is 117 Å². The molecule has 0 aliphatic rings. The molecule has 4 nitrogen and oxygen atoms in total. The third-order valence-corrected chi connectivity index (χ3v) is 3.07. The number of benzene rings is 1. The second kappa shape index (κ2) is 5.37. The van der Waals surface area contributed by atoms with Crippen LogP contribution < -0.4 is 11.1 Å². The number of amides is 1. The molecule has 92 valence electrons. The van der Waals surface area contributed by atoms with Crippen LogP contribution in [0, 0.1) is 0 Å². The summed E-state index contributed by atoms with van der Waals surface area (Å²) < 4.78 is 0.836. The SMILES string of the molecule is Nc1c(Cl)cccc1C(=O)Nc1ccc(Br)cn1. The molecule has 0 fully saturated rings. The molecule has 0 atom stereocenters. The molecule has 0 unspecified atom stereocenters. The van der Waals surface area contributed by atoms with Crippen molar-refractivity contribution in [2.75, 3.05) is 11.1 Å². The summed E-state index contributed by atoms with van der Waals surface area (Å²) in [6, 6.07) is 8.37. The fraction of sp³-hybridized carbons (Fsp3) is 0. The summed E-state index contributed by atoms with van der Waals surface area (Å²) >= 11 is 9.12. The maximum absolute atomic E-state index is 12.0. The van der Waals surface area contributed by atoms with E-state index in [4.69, 9.17) is 17.3 Å². The average molecular weight is 327 g/mol. The Morgan fingerprint density at radius 3 is 2.78 bits per heavy atom. The van der Waals surface area contributed by atoms with E-state index in [0.29, 0.717) is 16.4 Å². The molecule has 1 aromatic carbocycles. The van der Waals surface area contributed by atoms with Crippen molar-refractivity contribution in [2.45, 2.75) is 0 Å². The van der Waals surface area contributed by atoms with Gasteiger partial charge in [0.25, 0.3) is 5.91 Å². The molecule has 3 N–H and O–H groups in total. The van der Waals surface area contributed by atoms with Crippen molar-refractivity contribution >= 4 is 44.9 Å². The summed E-state index contributed by atoms with van der Waals surface area (Å²) in [4.78, 5) is 16.0. The van der Waals surface area contributed by atoms with E-state index in [2.05, 4.69) is 26.2 Å². The zero-order valence-electron chi connectivity index (χ0n) is 9.15. The molecule has 0 aliphatic heterocycles. The van der Waals surface area contributed by atoms with E-state index in [-0.39, 0.29) is 11.6 Å². The highest BCUT2D eigenvalue weighted by Gasteiger charge is 2.12. The first-order valence-electron chi connectivity index (χ1n) is 5.05. The van der Waals surface area contributed by atoms with Gasteiger partial charge in [0.1, 0.15) is 5.82 Å². The molecule has 2 rings (SSSR count). The lowest BCUT2D eigenvalue weighted by atomic mass is 10.1. The third kappa shape index (κ3) is 2.80.